The summed E-state index contributed by atoms with van der Waals surface area (Å²) in [6.45, 7) is 7.63. The molecule has 1 atom stereocenters. The molecule has 2 nitrogen and oxygen atoms in total. The highest BCUT2D eigenvalue weighted by molar-refractivity contribution is 5.76. The van der Waals surface area contributed by atoms with Crippen LogP contribution in [0.15, 0.2) is 0 Å². The normalized spacial score (nSPS) is 26.2. The zero-order valence-corrected chi connectivity index (χ0v) is 8.31. The van der Waals surface area contributed by atoms with E-state index in [1.807, 2.05) is 0 Å². The van der Waals surface area contributed by atoms with Gasteiger partial charge in [0.25, 0.3) is 0 Å². The van der Waals surface area contributed by atoms with E-state index in [1.54, 1.807) is 0 Å². The molecule has 12 heavy (non-hydrogen) atoms. The summed E-state index contributed by atoms with van der Waals surface area (Å²) in [6.07, 6.45) is 2.90. The fourth-order valence-corrected chi connectivity index (χ4v) is 1.79. The van der Waals surface area contributed by atoms with Gasteiger partial charge in [0.1, 0.15) is 0 Å². The molecule has 1 heterocycles. The lowest BCUT2D eigenvalue weighted by Gasteiger charge is -2.29. The van der Waals surface area contributed by atoms with Crippen LogP contribution >= 0.6 is 0 Å². The molecule has 1 aliphatic heterocycles. The predicted molar refractivity (Wildman–Crippen MR) is 49.8 cm³/mol. The molecule has 2 heteroatoms. The Hall–Kier alpha value is -0.530. The van der Waals surface area contributed by atoms with E-state index in [9.17, 15) is 4.79 Å². The molecule has 0 aromatic rings. The fraction of sp³-hybridized carbons (Fsp3) is 0.900. The second-order valence-electron chi connectivity index (χ2n) is 4.74. The topological polar surface area (TPSA) is 29.1 Å². The summed E-state index contributed by atoms with van der Waals surface area (Å²) in [5, 5.41) is 2.91. The first kappa shape index (κ1) is 9.56. The van der Waals surface area contributed by atoms with Crippen molar-refractivity contribution in [1.82, 2.24) is 5.32 Å². The molecule has 0 saturated carbocycles. The van der Waals surface area contributed by atoms with E-state index in [0.29, 0.717) is 17.8 Å². The van der Waals surface area contributed by atoms with Gasteiger partial charge in [-0.15, -0.1) is 0 Å². The Kier molecular flexibility index (Phi) is 2.76. The third-order valence-corrected chi connectivity index (χ3v) is 2.76. The van der Waals surface area contributed by atoms with Crippen molar-refractivity contribution in [2.75, 3.05) is 6.54 Å². The van der Waals surface area contributed by atoms with Crippen LogP contribution < -0.4 is 5.32 Å². The SMILES string of the molecule is CC(C)(C)[C@H]1CCNC(=O)CC1. The quantitative estimate of drug-likeness (QED) is 0.590. The molecule has 0 bridgehead atoms. The highest BCUT2D eigenvalue weighted by Crippen LogP contribution is 2.32. The van der Waals surface area contributed by atoms with Crippen LogP contribution in [0.1, 0.15) is 40.0 Å². The lowest BCUT2D eigenvalue weighted by Crippen LogP contribution is -2.23. The number of amides is 1. The minimum Gasteiger partial charge on any atom is -0.356 e. The molecule has 0 unspecified atom stereocenters. The van der Waals surface area contributed by atoms with Crippen LogP contribution in [0, 0.1) is 11.3 Å². The van der Waals surface area contributed by atoms with Crippen LogP contribution in [-0.2, 0) is 4.79 Å². The Labute approximate surface area is 74.7 Å². The number of carbonyl (C=O) groups excluding carboxylic acids is 1. The summed E-state index contributed by atoms with van der Waals surface area (Å²) in [5.41, 5.74) is 0.353. The maximum Gasteiger partial charge on any atom is 0.220 e. The minimum atomic E-state index is 0.224. The van der Waals surface area contributed by atoms with Crippen LogP contribution in [0.5, 0.6) is 0 Å². The van der Waals surface area contributed by atoms with Crippen molar-refractivity contribution in [3.8, 4) is 0 Å². The van der Waals surface area contributed by atoms with Crippen molar-refractivity contribution in [2.45, 2.75) is 40.0 Å². The first-order valence-electron chi connectivity index (χ1n) is 4.77. The van der Waals surface area contributed by atoms with Crippen molar-refractivity contribution in [3.05, 3.63) is 0 Å². The van der Waals surface area contributed by atoms with Crippen LogP contribution in [0.4, 0.5) is 0 Å². The summed E-state index contributed by atoms with van der Waals surface area (Å²) in [6, 6.07) is 0. The molecule has 70 valence electrons. The number of hydrogen-bond donors (Lipinski definition) is 1. The second kappa shape index (κ2) is 3.46. The highest BCUT2D eigenvalue weighted by Gasteiger charge is 2.26. The first-order valence-corrected chi connectivity index (χ1v) is 4.77. The Morgan fingerprint density at radius 3 is 2.58 bits per heavy atom. The van der Waals surface area contributed by atoms with Gasteiger partial charge in [0, 0.05) is 13.0 Å². The van der Waals surface area contributed by atoms with Crippen LogP contribution in [0.2, 0.25) is 0 Å². The van der Waals surface area contributed by atoms with Gasteiger partial charge >= 0.3 is 0 Å². The molecule has 0 spiro atoms. The molecular weight excluding hydrogens is 150 g/mol. The monoisotopic (exact) mass is 169 g/mol. The third kappa shape index (κ3) is 2.50. The van der Waals surface area contributed by atoms with Crippen molar-refractivity contribution in [3.63, 3.8) is 0 Å². The molecule has 1 aliphatic rings. The number of rotatable bonds is 0. The lowest BCUT2D eigenvalue weighted by atomic mass is 9.77. The molecule has 1 amide bonds. The van der Waals surface area contributed by atoms with Gasteiger partial charge < -0.3 is 5.32 Å². The predicted octanol–water partition coefficient (Wildman–Crippen LogP) is 1.95. The molecule has 1 rings (SSSR count). The Morgan fingerprint density at radius 1 is 1.33 bits per heavy atom. The van der Waals surface area contributed by atoms with Crippen molar-refractivity contribution >= 4 is 5.91 Å². The van der Waals surface area contributed by atoms with E-state index in [1.165, 1.54) is 0 Å². The third-order valence-electron chi connectivity index (χ3n) is 2.76. The molecule has 1 saturated heterocycles. The van der Waals surface area contributed by atoms with Crippen LogP contribution in [0.25, 0.3) is 0 Å². The summed E-state index contributed by atoms with van der Waals surface area (Å²) in [4.78, 5) is 11.0. The van der Waals surface area contributed by atoms with Gasteiger partial charge in [0.2, 0.25) is 5.91 Å². The van der Waals surface area contributed by atoms with Gasteiger partial charge in [0.05, 0.1) is 0 Å². The molecule has 0 aromatic heterocycles. The zero-order valence-electron chi connectivity index (χ0n) is 8.31. The Morgan fingerprint density at radius 2 is 2.00 bits per heavy atom. The number of nitrogens with one attached hydrogen (secondary N) is 1. The van der Waals surface area contributed by atoms with Gasteiger partial charge in [-0.1, -0.05) is 20.8 Å². The lowest BCUT2D eigenvalue weighted by molar-refractivity contribution is -0.120. The van der Waals surface area contributed by atoms with Crippen molar-refractivity contribution < 1.29 is 4.79 Å². The summed E-state index contributed by atoms with van der Waals surface area (Å²) in [7, 11) is 0. The van der Waals surface area contributed by atoms with Crippen LogP contribution in [-0.4, -0.2) is 12.5 Å². The fourth-order valence-electron chi connectivity index (χ4n) is 1.79. The molecule has 0 radical (unpaired) electrons. The van der Waals surface area contributed by atoms with Gasteiger partial charge in [-0.05, 0) is 24.2 Å². The van der Waals surface area contributed by atoms with Gasteiger partial charge in [-0.25, -0.2) is 0 Å². The number of carbonyl (C=O) groups is 1. The smallest absolute Gasteiger partial charge is 0.220 e. The molecule has 0 aliphatic carbocycles. The summed E-state index contributed by atoms with van der Waals surface area (Å²) < 4.78 is 0. The molecule has 1 fully saturated rings. The zero-order chi connectivity index (χ0) is 9.19. The largest absolute Gasteiger partial charge is 0.356 e. The molecule has 1 N–H and O–H groups in total. The summed E-state index contributed by atoms with van der Waals surface area (Å²) in [5.74, 6) is 0.915. The van der Waals surface area contributed by atoms with Crippen molar-refractivity contribution in [1.29, 1.82) is 0 Å². The Balaban J connectivity index is 2.52. The van der Waals surface area contributed by atoms with Gasteiger partial charge in [-0.3, -0.25) is 4.79 Å². The molecule has 0 aromatic carbocycles. The average molecular weight is 169 g/mol. The van der Waals surface area contributed by atoms with Crippen LogP contribution in [0.3, 0.4) is 0 Å². The highest BCUT2D eigenvalue weighted by atomic mass is 16.1. The summed E-state index contributed by atoms with van der Waals surface area (Å²) >= 11 is 0. The maximum atomic E-state index is 11.0. The Bertz CT molecular complexity index is 169. The van der Waals surface area contributed by atoms with Crippen molar-refractivity contribution in [2.24, 2.45) is 11.3 Å². The second-order valence-corrected chi connectivity index (χ2v) is 4.74. The maximum absolute atomic E-state index is 11.0. The average Bonchev–Trinajstić information content (AvgIpc) is 2.11. The number of hydrogen-bond acceptors (Lipinski definition) is 1. The van der Waals surface area contributed by atoms with E-state index in [4.69, 9.17) is 0 Å². The first-order chi connectivity index (χ1) is 5.50. The minimum absolute atomic E-state index is 0.224. The standard InChI is InChI=1S/C10H19NO/c1-10(2,3)8-4-5-9(12)11-7-6-8/h8H,4-7H2,1-3H3,(H,11,12)/t8-/m1/s1. The van der Waals surface area contributed by atoms with E-state index < -0.39 is 0 Å². The van der Waals surface area contributed by atoms with Gasteiger partial charge in [-0.2, -0.15) is 0 Å². The molecular formula is C10H19NO. The van der Waals surface area contributed by atoms with Gasteiger partial charge in [0.15, 0.2) is 0 Å². The van der Waals surface area contributed by atoms with E-state index in [2.05, 4.69) is 26.1 Å². The van der Waals surface area contributed by atoms with E-state index in [0.717, 1.165) is 19.4 Å². The van der Waals surface area contributed by atoms with E-state index in [-0.39, 0.29) is 5.91 Å². The van der Waals surface area contributed by atoms with E-state index >= 15 is 0 Å².